The van der Waals surface area contributed by atoms with E-state index in [4.69, 9.17) is 9.47 Å². The fraction of sp³-hybridized carbons (Fsp3) is 0.200. The van der Waals surface area contributed by atoms with Crippen molar-refractivity contribution in [3.8, 4) is 11.5 Å². The van der Waals surface area contributed by atoms with Gasteiger partial charge in [0.1, 0.15) is 11.5 Å². The van der Waals surface area contributed by atoms with Gasteiger partial charge in [0.25, 0.3) is 0 Å². The Hall–Kier alpha value is -2.57. The van der Waals surface area contributed by atoms with Crippen LogP contribution in [-0.4, -0.2) is 22.1 Å². The molecule has 0 unspecified atom stereocenters. The molecule has 0 bridgehead atoms. The molecular formula is C20H21NO4S. The number of methoxy groups -OCH3 is 1. The van der Waals surface area contributed by atoms with Crippen molar-refractivity contribution in [2.45, 2.75) is 18.4 Å². The summed E-state index contributed by atoms with van der Waals surface area (Å²) in [6.07, 6.45) is 0. The number of ether oxygens (including phenoxy) is 2. The van der Waals surface area contributed by atoms with E-state index in [1.54, 1.807) is 31.4 Å². The smallest absolute Gasteiger partial charge is 0.241 e. The first-order valence-corrected chi connectivity index (χ1v) is 9.81. The van der Waals surface area contributed by atoms with E-state index < -0.39 is 10.0 Å². The van der Waals surface area contributed by atoms with E-state index in [0.29, 0.717) is 23.5 Å². The fourth-order valence-corrected chi connectivity index (χ4v) is 4.07. The van der Waals surface area contributed by atoms with E-state index in [2.05, 4.69) is 4.72 Å². The maximum absolute atomic E-state index is 12.9. The summed E-state index contributed by atoms with van der Waals surface area (Å²) in [6, 6.07) is 17.9. The third-order valence-electron chi connectivity index (χ3n) is 4.08. The van der Waals surface area contributed by atoms with Gasteiger partial charge in [-0.3, -0.25) is 0 Å². The van der Waals surface area contributed by atoms with Gasteiger partial charge < -0.3 is 9.47 Å². The Labute approximate surface area is 153 Å². The van der Waals surface area contributed by atoms with Crippen LogP contribution in [-0.2, 0) is 16.6 Å². The molecule has 0 aliphatic rings. The molecule has 0 radical (unpaired) electrons. The number of hydrogen-bond acceptors (Lipinski definition) is 4. The third kappa shape index (κ3) is 3.66. The summed E-state index contributed by atoms with van der Waals surface area (Å²) in [5, 5.41) is 1.40. The van der Waals surface area contributed by atoms with E-state index in [-0.39, 0.29) is 11.4 Å². The molecule has 136 valence electrons. The molecule has 5 nitrogen and oxygen atoms in total. The molecule has 0 aliphatic carbocycles. The summed E-state index contributed by atoms with van der Waals surface area (Å²) in [4.78, 5) is 0.228. The molecule has 0 aliphatic heterocycles. The predicted molar refractivity (Wildman–Crippen MR) is 102 cm³/mol. The molecule has 0 saturated heterocycles. The normalized spacial score (nSPS) is 11.5. The Morgan fingerprint density at radius 3 is 2.31 bits per heavy atom. The fourth-order valence-electron chi connectivity index (χ4n) is 2.86. The minimum absolute atomic E-state index is 0.147. The minimum atomic E-state index is -3.70. The zero-order valence-corrected chi connectivity index (χ0v) is 15.5. The van der Waals surface area contributed by atoms with Crippen LogP contribution in [0.1, 0.15) is 12.5 Å². The first-order valence-electron chi connectivity index (χ1n) is 8.33. The quantitative estimate of drug-likeness (QED) is 0.687. The van der Waals surface area contributed by atoms with Crippen LogP contribution in [0.15, 0.2) is 65.6 Å². The van der Waals surface area contributed by atoms with Crippen LogP contribution in [0.2, 0.25) is 0 Å². The van der Waals surface area contributed by atoms with Crippen molar-refractivity contribution < 1.29 is 17.9 Å². The van der Waals surface area contributed by atoms with Crippen molar-refractivity contribution in [2.24, 2.45) is 0 Å². The second-order valence-electron chi connectivity index (χ2n) is 5.68. The largest absolute Gasteiger partial charge is 0.496 e. The molecule has 0 fully saturated rings. The zero-order chi connectivity index (χ0) is 18.6. The van der Waals surface area contributed by atoms with Gasteiger partial charge in [-0.1, -0.05) is 42.5 Å². The van der Waals surface area contributed by atoms with Gasteiger partial charge >= 0.3 is 0 Å². The summed E-state index contributed by atoms with van der Waals surface area (Å²) >= 11 is 0. The Bertz CT molecular complexity index is 1020. The van der Waals surface area contributed by atoms with Gasteiger partial charge in [-0.2, -0.15) is 0 Å². The molecule has 0 spiro atoms. The summed E-state index contributed by atoms with van der Waals surface area (Å²) < 4.78 is 39.3. The lowest BCUT2D eigenvalue weighted by atomic mass is 10.1. The summed E-state index contributed by atoms with van der Waals surface area (Å²) in [6.45, 7) is 2.56. The Balaban J connectivity index is 1.96. The molecule has 3 rings (SSSR count). The van der Waals surface area contributed by atoms with Crippen LogP contribution in [0.5, 0.6) is 11.5 Å². The highest BCUT2D eigenvalue weighted by Gasteiger charge is 2.19. The molecule has 3 aromatic rings. The molecule has 26 heavy (non-hydrogen) atoms. The monoisotopic (exact) mass is 371 g/mol. The van der Waals surface area contributed by atoms with E-state index in [9.17, 15) is 8.42 Å². The minimum Gasteiger partial charge on any atom is -0.496 e. The van der Waals surface area contributed by atoms with Gasteiger partial charge in [0.2, 0.25) is 10.0 Å². The molecule has 0 saturated carbocycles. The Morgan fingerprint density at radius 2 is 1.58 bits per heavy atom. The van der Waals surface area contributed by atoms with Crippen molar-refractivity contribution >= 4 is 20.8 Å². The second kappa shape index (κ2) is 7.76. The third-order valence-corrected chi connectivity index (χ3v) is 5.54. The highest BCUT2D eigenvalue weighted by molar-refractivity contribution is 7.89. The van der Waals surface area contributed by atoms with Crippen molar-refractivity contribution in [1.82, 2.24) is 4.72 Å². The lowest BCUT2D eigenvalue weighted by Gasteiger charge is -2.14. The highest BCUT2D eigenvalue weighted by Crippen LogP contribution is 2.31. The standard InChI is InChI=1S/C20H21NO4S/c1-3-25-19-12-13-20(17-10-6-5-9-16(17)19)26(22,23)21-14-15-8-4-7-11-18(15)24-2/h4-13,21H,3,14H2,1-2H3. The van der Waals surface area contributed by atoms with E-state index in [1.807, 2.05) is 43.3 Å². The van der Waals surface area contributed by atoms with Gasteiger partial charge in [-0.15, -0.1) is 0 Å². The maximum atomic E-state index is 12.9. The molecule has 0 amide bonds. The predicted octanol–water partition coefficient (Wildman–Crippen LogP) is 3.73. The maximum Gasteiger partial charge on any atom is 0.241 e. The lowest BCUT2D eigenvalue weighted by molar-refractivity contribution is 0.344. The summed E-state index contributed by atoms with van der Waals surface area (Å²) in [5.41, 5.74) is 0.772. The van der Waals surface area contributed by atoms with Gasteiger partial charge in [0.15, 0.2) is 0 Å². The van der Waals surface area contributed by atoms with Crippen LogP contribution < -0.4 is 14.2 Å². The van der Waals surface area contributed by atoms with Crippen LogP contribution in [0.3, 0.4) is 0 Å². The van der Waals surface area contributed by atoms with Crippen molar-refractivity contribution in [1.29, 1.82) is 0 Å². The molecule has 1 N–H and O–H groups in total. The lowest BCUT2D eigenvalue weighted by Crippen LogP contribution is -2.23. The number of fused-ring (bicyclic) bond motifs is 1. The summed E-state index contributed by atoms with van der Waals surface area (Å²) in [7, 11) is -2.14. The van der Waals surface area contributed by atoms with Gasteiger partial charge in [0, 0.05) is 22.9 Å². The zero-order valence-electron chi connectivity index (χ0n) is 14.7. The number of hydrogen-bond donors (Lipinski definition) is 1. The highest BCUT2D eigenvalue weighted by atomic mass is 32.2. The SMILES string of the molecule is CCOc1ccc(S(=O)(=O)NCc2ccccc2OC)c2ccccc12. The number of nitrogens with one attached hydrogen (secondary N) is 1. The van der Waals surface area contributed by atoms with E-state index in [1.165, 1.54) is 0 Å². The average Bonchev–Trinajstić information content (AvgIpc) is 2.67. The molecule has 3 aromatic carbocycles. The van der Waals surface area contributed by atoms with E-state index >= 15 is 0 Å². The van der Waals surface area contributed by atoms with Gasteiger partial charge in [-0.05, 0) is 25.1 Å². The van der Waals surface area contributed by atoms with Crippen LogP contribution in [0, 0.1) is 0 Å². The summed E-state index contributed by atoms with van der Waals surface area (Å²) in [5.74, 6) is 1.32. The molecule has 0 heterocycles. The number of para-hydroxylation sites is 1. The number of sulfonamides is 1. The Kier molecular flexibility index (Phi) is 5.44. The van der Waals surface area contributed by atoms with Gasteiger partial charge in [0.05, 0.1) is 18.6 Å². The second-order valence-corrected chi connectivity index (χ2v) is 7.41. The van der Waals surface area contributed by atoms with Crippen LogP contribution in [0.4, 0.5) is 0 Å². The molecule has 6 heteroatoms. The molecule has 0 aromatic heterocycles. The van der Waals surface area contributed by atoms with Gasteiger partial charge in [-0.25, -0.2) is 13.1 Å². The first-order chi connectivity index (χ1) is 12.6. The van der Waals surface area contributed by atoms with Crippen molar-refractivity contribution in [2.75, 3.05) is 13.7 Å². The van der Waals surface area contributed by atoms with Crippen molar-refractivity contribution in [3.63, 3.8) is 0 Å². The van der Waals surface area contributed by atoms with E-state index in [0.717, 1.165) is 10.9 Å². The van der Waals surface area contributed by atoms with Crippen LogP contribution >= 0.6 is 0 Å². The number of benzene rings is 3. The average molecular weight is 371 g/mol. The Morgan fingerprint density at radius 1 is 0.885 bits per heavy atom. The topological polar surface area (TPSA) is 64.6 Å². The van der Waals surface area contributed by atoms with Crippen molar-refractivity contribution in [3.05, 3.63) is 66.2 Å². The van der Waals surface area contributed by atoms with Crippen LogP contribution in [0.25, 0.3) is 10.8 Å². The first kappa shape index (κ1) is 18.2. The molecule has 0 atom stereocenters. The number of rotatable bonds is 7. The molecular weight excluding hydrogens is 350 g/mol.